The molecule has 0 spiro atoms. The van der Waals surface area contributed by atoms with Gasteiger partial charge in [0.2, 0.25) is 5.91 Å². The minimum absolute atomic E-state index is 0.0305. The van der Waals surface area contributed by atoms with Crippen LogP contribution < -0.4 is 5.32 Å². The van der Waals surface area contributed by atoms with Crippen molar-refractivity contribution in [1.82, 2.24) is 5.32 Å². The highest BCUT2D eigenvalue weighted by molar-refractivity contribution is 8.22. The van der Waals surface area contributed by atoms with Crippen LogP contribution in [0.25, 0.3) is 0 Å². The molecular weight excluding hydrogens is 318 g/mol. The van der Waals surface area contributed by atoms with E-state index < -0.39 is 8.32 Å². The number of β-lactam (4-membered cyclic amide) rings is 1. The van der Waals surface area contributed by atoms with Crippen LogP contribution in [-0.2, 0) is 9.22 Å². The molecule has 0 aromatic rings. The molecule has 0 saturated carbocycles. The van der Waals surface area contributed by atoms with Crippen LogP contribution in [0, 0.1) is 5.92 Å². The number of carbonyl (C=O) groups excluding carboxylic acids is 1. The number of nitrogens with one attached hydrogen (secondary N) is 1. The molecule has 6 heteroatoms. The summed E-state index contributed by atoms with van der Waals surface area (Å²) in [5.74, 6) is 0.0708. The molecule has 21 heavy (non-hydrogen) atoms. The fourth-order valence-corrected chi connectivity index (χ4v) is 5.42. The number of thioether (sulfide) groups is 2. The van der Waals surface area contributed by atoms with Crippen LogP contribution in [0.1, 0.15) is 34.6 Å². The van der Waals surface area contributed by atoms with Gasteiger partial charge in [0.1, 0.15) is 0 Å². The highest BCUT2D eigenvalue weighted by atomic mass is 32.2. The van der Waals surface area contributed by atoms with Crippen molar-refractivity contribution in [3.63, 3.8) is 0 Å². The largest absolute Gasteiger partial charge is 0.413 e. The Kier molecular flexibility index (Phi) is 6.48. The van der Waals surface area contributed by atoms with Crippen molar-refractivity contribution in [2.24, 2.45) is 5.92 Å². The van der Waals surface area contributed by atoms with Gasteiger partial charge in [0.15, 0.2) is 8.32 Å². The predicted octanol–water partition coefficient (Wildman–Crippen LogP) is 4.43. The third-order valence-electron chi connectivity index (χ3n) is 4.39. The van der Waals surface area contributed by atoms with Crippen LogP contribution in [0.15, 0.2) is 10.3 Å². The minimum Gasteiger partial charge on any atom is -0.413 e. The van der Waals surface area contributed by atoms with Gasteiger partial charge in [-0.2, -0.15) is 0 Å². The Balaban J connectivity index is 2.72. The van der Waals surface area contributed by atoms with Crippen molar-refractivity contribution in [3.8, 4) is 0 Å². The summed E-state index contributed by atoms with van der Waals surface area (Å²) in [6.45, 7) is 15.2. The molecule has 3 atom stereocenters. The maximum absolute atomic E-state index is 12.0. The Bertz CT molecular complexity index is 418. The van der Waals surface area contributed by atoms with E-state index in [1.807, 2.05) is 13.8 Å². The lowest BCUT2D eigenvalue weighted by molar-refractivity contribution is -0.136. The molecule has 0 aliphatic carbocycles. The first-order valence-electron chi connectivity index (χ1n) is 7.38. The quantitative estimate of drug-likeness (QED) is 0.570. The predicted molar refractivity (Wildman–Crippen MR) is 98.0 cm³/mol. The van der Waals surface area contributed by atoms with Crippen molar-refractivity contribution in [2.75, 3.05) is 6.26 Å². The van der Waals surface area contributed by atoms with Crippen LogP contribution in [-0.4, -0.2) is 32.0 Å². The fraction of sp³-hybridized carbons (Fsp3) is 0.800. The molecule has 1 fully saturated rings. The number of allylic oxidation sites excluding steroid dienone is 1. The normalized spacial score (nSPS) is 25.3. The van der Waals surface area contributed by atoms with E-state index in [0.717, 1.165) is 0 Å². The van der Waals surface area contributed by atoms with E-state index in [1.54, 1.807) is 23.5 Å². The second-order valence-corrected chi connectivity index (χ2v) is 14.0. The average molecular weight is 348 g/mol. The van der Waals surface area contributed by atoms with Gasteiger partial charge < -0.3 is 9.74 Å². The van der Waals surface area contributed by atoms with Gasteiger partial charge in [-0.25, -0.2) is 0 Å². The molecule has 3 nitrogen and oxygen atoms in total. The number of rotatable bonds is 6. The van der Waals surface area contributed by atoms with E-state index in [9.17, 15) is 4.79 Å². The molecule has 0 radical (unpaired) electrons. The zero-order valence-electron chi connectivity index (χ0n) is 14.4. The van der Waals surface area contributed by atoms with Crippen molar-refractivity contribution in [3.05, 3.63) is 10.3 Å². The summed E-state index contributed by atoms with van der Waals surface area (Å²) >= 11 is 3.45. The maximum atomic E-state index is 12.0. The second-order valence-electron chi connectivity index (χ2n) is 6.97. The van der Waals surface area contributed by atoms with Gasteiger partial charge in [-0.15, -0.1) is 11.8 Å². The zero-order chi connectivity index (χ0) is 16.4. The van der Waals surface area contributed by atoms with Crippen LogP contribution in [0.3, 0.4) is 0 Å². The summed E-state index contributed by atoms with van der Waals surface area (Å²) < 4.78 is 7.63. The smallest absolute Gasteiger partial charge is 0.229 e. The van der Waals surface area contributed by atoms with Crippen molar-refractivity contribution >= 4 is 37.7 Å². The molecule has 1 rings (SSSR count). The first kappa shape index (κ1) is 19.1. The highest BCUT2D eigenvalue weighted by Crippen LogP contribution is 2.42. The highest BCUT2D eigenvalue weighted by Gasteiger charge is 2.47. The van der Waals surface area contributed by atoms with Crippen LogP contribution in [0.4, 0.5) is 0 Å². The van der Waals surface area contributed by atoms with Crippen LogP contribution in [0.5, 0.6) is 0 Å². The van der Waals surface area contributed by atoms with E-state index in [4.69, 9.17) is 4.43 Å². The third-order valence-corrected chi connectivity index (χ3v) is 11.5. The van der Waals surface area contributed by atoms with Crippen molar-refractivity contribution in [1.29, 1.82) is 0 Å². The summed E-state index contributed by atoms with van der Waals surface area (Å²) in [6, 6.07) is 0. The van der Waals surface area contributed by atoms with E-state index >= 15 is 0 Å². The molecule has 1 N–H and O–H groups in total. The number of hydrogen-bond acceptors (Lipinski definition) is 4. The maximum Gasteiger partial charge on any atom is 0.229 e. The molecule has 1 amide bonds. The number of carbonyl (C=O) groups is 1. The van der Waals surface area contributed by atoms with E-state index in [2.05, 4.69) is 51.5 Å². The Morgan fingerprint density at radius 1 is 1.43 bits per heavy atom. The average Bonchev–Trinajstić information content (AvgIpc) is 2.31. The van der Waals surface area contributed by atoms with Crippen molar-refractivity contribution < 1.29 is 9.22 Å². The van der Waals surface area contributed by atoms with E-state index in [-0.39, 0.29) is 28.3 Å². The summed E-state index contributed by atoms with van der Waals surface area (Å²) in [6.07, 6.45) is 4.13. The lowest BCUT2D eigenvalue weighted by atomic mass is 9.96. The van der Waals surface area contributed by atoms with Gasteiger partial charge in [0, 0.05) is 4.24 Å². The molecule has 1 aliphatic heterocycles. The van der Waals surface area contributed by atoms with Gasteiger partial charge in [-0.05, 0) is 38.2 Å². The fourth-order valence-electron chi connectivity index (χ4n) is 2.00. The molecule has 0 aromatic carbocycles. The van der Waals surface area contributed by atoms with Crippen molar-refractivity contribution in [2.45, 2.75) is 64.2 Å². The Labute approximate surface area is 139 Å². The van der Waals surface area contributed by atoms with E-state index in [1.165, 1.54) is 4.24 Å². The third kappa shape index (κ3) is 4.53. The molecule has 0 bridgehead atoms. The topological polar surface area (TPSA) is 38.3 Å². The molecule has 1 heterocycles. The zero-order valence-corrected chi connectivity index (χ0v) is 17.1. The lowest BCUT2D eigenvalue weighted by Crippen LogP contribution is -2.62. The number of amides is 1. The molecular formula is C15H29NO2S2Si. The Morgan fingerprint density at radius 3 is 2.38 bits per heavy atom. The second kappa shape index (κ2) is 7.11. The molecule has 1 aliphatic rings. The molecule has 0 aromatic heterocycles. The van der Waals surface area contributed by atoms with Crippen LogP contribution in [0.2, 0.25) is 18.1 Å². The van der Waals surface area contributed by atoms with Gasteiger partial charge in [-0.1, -0.05) is 38.6 Å². The Hall–Kier alpha value is 0.0869. The minimum atomic E-state index is -1.84. The Morgan fingerprint density at radius 2 is 2.00 bits per heavy atom. The standard InChI is InChI=1S/C15H29NO2S2Si/c1-9-11(19-6)20-14-12(13(17)16-14)10(2)18-21(7,8)15(3,4)5/h9-10,12,14H,1-8H3,(H,16,17)/b11-9-/t10-,12+,14-/m1/s1. The molecule has 0 unspecified atom stereocenters. The summed E-state index contributed by atoms with van der Waals surface area (Å²) in [5, 5.41) is 3.30. The number of hydrogen-bond donors (Lipinski definition) is 1. The molecule has 1 saturated heterocycles. The molecule has 122 valence electrons. The first-order valence-corrected chi connectivity index (χ1v) is 12.4. The van der Waals surface area contributed by atoms with Gasteiger partial charge >= 0.3 is 0 Å². The summed E-state index contributed by atoms with van der Waals surface area (Å²) in [7, 11) is -1.84. The van der Waals surface area contributed by atoms with E-state index in [0.29, 0.717) is 0 Å². The summed E-state index contributed by atoms with van der Waals surface area (Å²) in [4.78, 5) is 12.0. The lowest BCUT2D eigenvalue weighted by Gasteiger charge is -2.45. The SMILES string of the molecule is C/C=C(/SC)S[C@H]1NC(=O)[C@@H]1[C@@H](C)O[Si](C)(C)C(C)(C)C. The summed E-state index contributed by atoms with van der Waals surface area (Å²) in [5.41, 5.74) is 0. The van der Waals surface area contributed by atoms with Gasteiger partial charge in [0.25, 0.3) is 0 Å². The first-order chi connectivity index (χ1) is 9.53. The monoisotopic (exact) mass is 347 g/mol. The van der Waals surface area contributed by atoms with Gasteiger partial charge in [0.05, 0.1) is 17.4 Å². The van der Waals surface area contributed by atoms with Crippen LogP contribution >= 0.6 is 23.5 Å². The van der Waals surface area contributed by atoms with Gasteiger partial charge in [-0.3, -0.25) is 4.79 Å².